The maximum absolute atomic E-state index is 6.63. The van der Waals surface area contributed by atoms with Gasteiger partial charge in [-0.15, -0.1) is 0 Å². The minimum atomic E-state index is -0.123. The molecular formula is C60H40N4O. The summed E-state index contributed by atoms with van der Waals surface area (Å²) in [7, 11) is 0. The molecule has 0 atom stereocenters. The van der Waals surface area contributed by atoms with Crippen molar-refractivity contribution >= 4 is 43.7 Å². The second-order valence-electron chi connectivity index (χ2n) is 17.6. The van der Waals surface area contributed by atoms with Gasteiger partial charge in [-0.3, -0.25) is 0 Å². The molecule has 306 valence electrons. The Kier molecular flexibility index (Phi) is 8.18. The van der Waals surface area contributed by atoms with E-state index in [0.29, 0.717) is 17.5 Å². The quantitative estimate of drug-likeness (QED) is 0.167. The predicted octanol–water partition coefficient (Wildman–Crippen LogP) is 15.5. The fourth-order valence-corrected chi connectivity index (χ4v) is 10.2. The summed E-state index contributed by atoms with van der Waals surface area (Å²) in [6.07, 6.45) is 0. The largest absolute Gasteiger partial charge is 0.456 e. The first kappa shape index (κ1) is 37.2. The van der Waals surface area contributed by atoms with Gasteiger partial charge in [-0.1, -0.05) is 159 Å². The Morgan fingerprint density at radius 3 is 1.68 bits per heavy atom. The van der Waals surface area contributed by atoms with Crippen LogP contribution in [0.5, 0.6) is 0 Å². The molecule has 12 aromatic rings. The highest BCUT2D eigenvalue weighted by Crippen LogP contribution is 2.51. The normalized spacial score (nSPS) is 12.9. The third kappa shape index (κ3) is 5.97. The van der Waals surface area contributed by atoms with Gasteiger partial charge in [0.25, 0.3) is 0 Å². The molecule has 5 nitrogen and oxygen atoms in total. The summed E-state index contributed by atoms with van der Waals surface area (Å²) in [5.41, 5.74) is 17.5. The third-order valence-corrected chi connectivity index (χ3v) is 13.4. The van der Waals surface area contributed by atoms with Crippen LogP contribution in [-0.4, -0.2) is 19.5 Å². The molecule has 0 fully saturated rings. The van der Waals surface area contributed by atoms with Crippen LogP contribution < -0.4 is 0 Å². The lowest BCUT2D eigenvalue weighted by atomic mass is 9.82. The highest BCUT2D eigenvalue weighted by molar-refractivity contribution is 6.12. The minimum Gasteiger partial charge on any atom is -0.456 e. The van der Waals surface area contributed by atoms with E-state index in [9.17, 15) is 0 Å². The Bertz CT molecular complexity index is 3860. The maximum atomic E-state index is 6.63. The van der Waals surface area contributed by atoms with E-state index in [0.717, 1.165) is 61.0 Å². The second-order valence-corrected chi connectivity index (χ2v) is 17.6. The van der Waals surface area contributed by atoms with Crippen LogP contribution in [0.4, 0.5) is 0 Å². The summed E-state index contributed by atoms with van der Waals surface area (Å²) in [5, 5.41) is 4.57. The Morgan fingerprint density at radius 1 is 0.354 bits per heavy atom. The lowest BCUT2D eigenvalue weighted by Gasteiger charge is -2.21. The summed E-state index contributed by atoms with van der Waals surface area (Å²) in [6.45, 7) is 4.68. The third-order valence-electron chi connectivity index (χ3n) is 13.4. The molecule has 3 heterocycles. The van der Waals surface area contributed by atoms with Crippen molar-refractivity contribution in [3.05, 3.63) is 217 Å². The number of benzene rings is 9. The van der Waals surface area contributed by atoms with Gasteiger partial charge in [-0.05, 0) is 105 Å². The summed E-state index contributed by atoms with van der Waals surface area (Å²) < 4.78 is 9.03. The van der Waals surface area contributed by atoms with Gasteiger partial charge in [0, 0.05) is 49.3 Å². The summed E-state index contributed by atoms with van der Waals surface area (Å²) in [5.74, 6) is 1.78. The average Bonchev–Trinajstić information content (AvgIpc) is 3.98. The fraction of sp³-hybridized carbons (Fsp3) is 0.0500. The van der Waals surface area contributed by atoms with Crippen LogP contribution in [-0.2, 0) is 5.41 Å². The van der Waals surface area contributed by atoms with Gasteiger partial charge in [-0.25, -0.2) is 15.0 Å². The van der Waals surface area contributed by atoms with E-state index in [1.807, 2.05) is 36.4 Å². The molecule has 5 heteroatoms. The number of hydrogen-bond donors (Lipinski definition) is 0. The Balaban J connectivity index is 0.923. The van der Waals surface area contributed by atoms with Crippen molar-refractivity contribution < 1.29 is 4.42 Å². The van der Waals surface area contributed by atoms with Gasteiger partial charge < -0.3 is 8.98 Å². The summed E-state index contributed by atoms with van der Waals surface area (Å²) in [6, 6.07) is 73.1. The molecule has 0 bridgehead atoms. The average molecular weight is 833 g/mol. The standard InChI is InChI=1S/C60H40N4O/c1-60(2)51-25-11-9-23-45(51)49-35-50-46-24-10-12-26-53(46)64(54(50)36-52(49)60)44-22-14-21-42(32-44)58-61-57(38-17-7-4-8-18-38)62-59(63-58)43-28-30-48-47-29-27-41(33-55(47)65-56(48)34-43)40-20-13-19-39(31-40)37-15-5-3-6-16-37/h3-36H,1-2H3. The zero-order valence-electron chi connectivity index (χ0n) is 35.8. The first-order chi connectivity index (χ1) is 31.9. The van der Waals surface area contributed by atoms with E-state index in [-0.39, 0.29) is 5.41 Å². The van der Waals surface area contributed by atoms with Crippen molar-refractivity contribution in [3.8, 4) is 73.2 Å². The SMILES string of the molecule is CC1(C)c2ccccc2-c2cc3c4ccccc4n(-c4cccc(-c5nc(-c6ccccc6)nc(-c6ccc7c(c6)oc6cc(-c8cccc(-c9ccccc9)c8)ccc67)n5)c4)c3cc21. The number of furan rings is 1. The van der Waals surface area contributed by atoms with Gasteiger partial charge in [0.05, 0.1) is 11.0 Å². The molecule has 13 rings (SSSR count). The van der Waals surface area contributed by atoms with Gasteiger partial charge in [0.1, 0.15) is 11.2 Å². The maximum Gasteiger partial charge on any atom is 0.164 e. The predicted molar refractivity (Wildman–Crippen MR) is 266 cm³/mol. The molecule has 0 amide bonds. The van der Waals surface area contributed by atoms with Gasteiger partial charge in [0.15, 0.2) is 17.5 Å². The number of hydrogen-bond acceptors (Lipinski definition) is 4. The van der Waals surface area contributed by atoms with Gasteiger partial charge in [-0.2, -0.15) is 0 Å². The molecule has 0 unspecified atom stereocenters. The highest BCUT2D eigenvalue weighted by Gasteiger charge is 2.36. The Hall–Kier alpha value is -8.41. The highest BCUT2D eigenvalue weighted by atomic mass is 16.3. The second kappa shape index (κ2) is 14.3. The molecular weight excluding hydrogens is 793 g/mol. The van der Waals surface area contributed by atoms with Crippen LogP contribution in [0.1, 0.15) is 25.0 Å². The van der Waals surface area contributed by atoms with Crippen LogP contribution in [0.3, 0.4) is 0 Å². The molecule has 0 aliphatic heterocycles. The van der Waals surface area contributed by atoms with Crippen LogP contribution in [0.15, 0.2) is 211 Å². The van der Waals surface area contributed by atoms with E-state index in [1.165, 1.54) is 49.7 Å². The number of fused-ring (bicyclic) bond motifs is 9. The van der Waals surface area contributed by atoms with Crippen LogP contribution in [0.2, 0.25) is 0 Å². The lowest BCUT2D eigenvalue weighted by Crippen LogP contribution is -2.14. The van der Waals surface area contributed by atoms with Crippen LogP contribution >= 0.6 is 0 Å². The molecule has 3 aromatic heterocycles. The summed E-state index contributed by atoms with van der Waals surface area (Å²) >= 11 is 0. The monoisotopic (exact) mass is 832 g/mol. The Labute approximate surface area is 376 Å². The van der Waals surface area contributed by atoms with Crippen molar-refractivity contribution in [2.24, 2.45) is 0 Å². The van der Waals surface area contributed by atoms with Gasteiger partial charge in [0.2, 0.25) is 0 Å². The van der Waals surface area contributed by atoms with E-state index in [4.69, 9.17) is 19.4 Å². The van der Waals surface area contributed by atoms with Crippen LogP contribution in [0, 0.1) is 0 Å². The van der Waals surface area contributed by atoms with E-state index >= 15 is 0 Å². The molecule has 1 aliphatic carbocycles. The molecule has 0 saturated carbocycles. The molecule has 1 aliphatic rings. The number of rotatable bonds is 6. The number of nitrogens with zero attached hydrogens (tertiary/aromatic N) is 4. The smallest absolute Gasteiger partial charge is 0.164 e. The first-order valence-electron chi connectivity index (χ1n) is 22.2. The first-order valence-corrected chi connectivity index (χ1v) is 22.2. The summed E-state index contributed by atoms with van der Waals surface area (Å²) in [4.78, 5) is 15.4. The zero-order chi connectivity index (χ0) is 43.2. The fourth-order valence-electron chi connectivity index (χ4n) is 10.2. The Morgan fingerprint density at radius 2 is 0.908 bits per heavy atom. The molecule has 0 N–H and O–H groups in total. The molecule has 9 aromatic carbocycles. The van der Waals surface area contributed by atoms with E-state index < -0.39 is 0 Å². The van der Waals surface area contributed by atoms with Crippen molar-refractivity contribution in [2.75, 3.05) is 0 Å². The van der Waals surface area contributed by atoms with Crippen molar-refractivity contribution in [1.29, 1.82) is 0 Å². The van der Waals surface area contributed by atoms with E-state index in [1.54, 1.807) is 0 Å². The number of aromatic nitrogens is 4. The van der Waals surface area contributed by atoms with Crippen LogP contribution in [0.25, 0.3) is 117 Å². The van der Waals surface area contributed by atoms with E-state index in [2.05, 4.69) is 188 Å². The molecule has 0 saturated heterocycles. The zero-order valence-corrected chi connectivity index (χ0v) is 35.8. The van der Waals surface area contributed by atoms with Gasteiger partial charge >= 0.3 is 0 Å². The molecule has 65 heavy (non-hydrogen) atoms. The molecule has 0 radical (unpaired) electrons. The van der Waals surface area contributed by atoms with Crippen molar-refractivity contribution in [3.63, 3.8) is 0 Å². The van der Waals surface area contributed by atoms with Crippen molar-refractivity contribution in [2.45, 2.75) is 19.3 Å². The minimum absolute atomic E-state index is 0.123. The lowest BCUT2D eigenvalue weighted by molar-refractivity contribution is 0.661. The molecule has 0 spiro atoms. The topological polar surface area (TPSA) is 56.7 Å². The number of para-hydroxylation sites is 1. The van der Waals surface area contributed by atoms with Crippen molar-refractivity contribution in [1.82, 2.24) is 19.5 Å².